The molecule has 0 saturated heterocycles. The summed E-state index contributed by atoms with van der Waals surface area (Å²) in [6.45, 7) is 3.27. The van der Waals surface area contributed by atoms with E-state index < -0.39 is 11.8 Å². The molecular weight excluding hydrogens is 429 g/mol. The van der Waals surface area contributed by atoms with Crippen molar-refractivity contribution in [3.8, 4) is 5.82 Å². The van der Waals surface area contributed by atoms with Gasteiger partial charge in [-0.05, 0) is 49.7 Å². The van der Waals surface area contributed by atoms with Crippen LogP contribution in [0.4, 0.5) is 5.69 Å². The lowest BCUT2D eigenvalue weighted by Crippen LogP contribution is -2.27. The van der Waals surface area contributed by atoms with Gasteiger partial charge in [-0.15, -0.1) is 0 Å². The van der Waals surface area contributed by atoms with E-state index >= 15 is 0 Å². The number of hydrogen-bond donors (Lipinski definition) is 2. The highest BCUT2D eigenvalue weighted by Gasteiger charge is 2.22. The number of aldehydes is 1. The summed E-state index contributed by atoms with van der Waals surface area (Å²) in [7, 11) is 0. The van der Waals surface area contributed by atoms with E-state index in [0.717, 1.165) is 0 Å². The van der Waals surface area contributed by atoms with Crippen LogP contribution in [0.3, 0.4) is 0 Å². The molecule has 0 unspecified atom stereocenters. The molecule has 0 atom stereocenters. The van der Waals surface area contributed by atoms with Gasteiger partial charge in [0.2, 0.25) is 0 Å². The van der Waals surface area contributed by atoms with E-state index in [0.29, 0.717) is 33.4 Å². The summed E-state index contributed by atoms with van der Waals surface area (Å²) >= 11 is 12.3. The number of amides is 2. The second-order valence-electron chi connectivity index (χ2n) is 6.37. The van der Waals surface area contributed by atoms with E-state index in [4.69, 9.17) is 23.2 Å². The van der Waals surface area contributed by atoms with Gasteiger partial charge in [-0.25, -0.2) is 9.67 Å². The van der Waals surface area contributed by atoms with Gasteiger partial charge in [-0.1, -0.05) is 23.2 Å². The van der Waals surface area contributed by atoms with Gasteiger partial charge in [0.25, 0.3) is 11.8 Å². The summed E-state index contributed by atoms with van der Waals surface area (Å²) in [5.41, 5.74) is 1.74. The molecule has 2 aromatic heterocycles. The van der Waals surface area contributed by atoms with Crippen LogP contribution in [-0.2, 0) is 4.79 Å². The molecular formula is C20H17Cl2N5O3. The van der Waals surface area contributed by atoms with Crippen LogP contribution in [0.25, 0.3) is 5.82 Å². The fourth-order valence-corrected chi connectivity index (χ4v) is 3.33. The number of nitrogens with one attached hydrogen (secondary N) is 2. The van der Waals surface area contributed by atoms with Crippen molar-refractivity contribution in [2.75, 3.05) is 11.9 Å². The SMILES string of the molecule is Cc1cc(C(=O)Nc2c(C)cc(Cl)cc2C(=O)NCC=O)n(-c2ncccc2Cl)n1. The number of nitrogens with zero attached hydrogens (tertiary/aromatic N) is 3. The molecule has 30 heavy (non-hydrogen) atoms. The van der Waals surface area contributed by atoms with E-state index in [-0.39, 0.29) is 23.5 Å². The van der Waals surface area contributed by atoms with Gasteiger partial charge in [0.15, 0.2) is 5.82 Å². The third kappa shape index (κ3) is 4.50. The molecule has 2 heterocycles. The Labute approximate surface area is 182 Å². The summed E-state index contributed by atoms with van der Waals surface area (Å²) < 4.78 is 1.34. The maximum absolute atomic E-state index is 13.1. The molecule has 8 nitrogen and oxygen atoms in total. The molecule has 0 fully saturated rings. The molecule has 0 saturated carbocycles. The van der Waals surface area contributed by atoms with Crippen LogP contribution in [0.2, 0.25) is 10.0 Å². The Kier molecular flexibility index (Phi) is 6.49. The van der Waals surface area contributed by atoms with E-state index in [2.05, 4.69) is 20.7 Å². The van der Waals surface area contributed by atoms with Crippen LogP contribution in [0.1, 0.15) is 32.1 Å². The lowest BCUT2D eigenvalue weighted by molar-refractivity contribution is -0.107. The molecule has 0 spiro atoms. The fourth-order valence-electron chi connectivity index (χ4n) is 2.85. The van der Waals surface area contributed by atoms with Gasteiger partial charge in [0.05, 0.1) is 28.5 Å². The lowest BCUT2D eigenvalue weighted by Gasteiger charge is -2.15. The Balaban J connectivity index is 2.01. The number of halogens is 2. The molecule has 1 aromatic carbocycles. The van der Waals surface area contributed by atoms with Gasteiger partial charge in [0, 0.05) is 11.2 Å². The van der Waals surface area contributed by atoms with Gasteiger partial charge >= 0.3 is 0 Å². The van der Waals surface area contributed by atoms with E-state index in [1.807, 2.05) is 0 Å². The lowest BCUT2D eigenvalue weighted by atomic mass is 10.1. The van der Waals surface area contributed by atoms with Gasteiger partial charge in [-0.2, -0.15) is 5.10 Å². The van der Waals surface area contributed by atoms with Gasteiger partial charge in [0.1, 0.15) is 12.0 Å². The Bertz CT molecular complexity index is 1140. The van der Waals surface area contributed by atoms with Crippen LogP contribution >= 0.6 is 23.2 Å². The molecule has 154 valence electrons. The first kappa shape index (κ1) is 21.5. The van der Waals surface area contributed by atoms with Crippen molar-refractivity contribution in [3.63, 3.8) is 0 Å². The Morgan fingerprint density at radius 2 is 1.93 bits per heavy atom. The van der Waals surface area contributed by atoms with Crippen LogP contribution in [-0.4, -0.2) is 39.4 Å². The number of carbonyl (C=O) groups excluding carboxylic acids is 3. The number of benzene rings is 1. The highest BCUT2D eigenvalue weighted by atomic mass is 35.5. The summed E-state index contributed by atoms with van der Waals surface area (Å²) in [4.78, 5) is 40.3. The van der Waals surface area contributed by atoms with Crippen molar-refractivity contribution < 1.29 is 14.4 Å². The molecule has 3 rings (SSSR count). The fraction of sp³-hybridized carbons (Fsp3) is 0.150. The average molecular weight is 446 g/mol. The Hall–Kier alpha value is -3.23. The van der Waals surface area contributed by atoms with E-state index in [1.165, 1.54) is 10.7 Å². The standard InChI is InChI=1S/C20H17Cl2N5O3/c1-11-8-13(21)10-14(19(29)24-6-7-28)17(11)25-20(30)16-9-12(2)26-27(16)18-15(22)4-3-5-23-18/h3-5,7-10H,6H2,1-2H3,(H,24,29)(H,25,30). The van der Waals surface area contributed by atoms with Crippen LogP contribution < -0.4 is 10.6 Å². The summed E-state index contributed by atoms with van der Waals surface area (Å²) in [5, 5.41) is 10.1. The monoisotopic (exact) mass is 445 g/mol. The quantitative estimate of drug-likeness (QED) is 0.565. The normalized spacial score (nSPS) is 10.5. The topological polar surface area (TPSA) is 106 Å². The zero-order valence-corrected chi connectivity index (χ0v) is 17.6. The minimum absolute atomic E-state index is 0.133. The second kappa shape index (κ2) is 9.06. The number of rotatable bonds is 6. The smallest absolute Gasteiger partial charge is 0.274 e. The highest BCUT2D eigenvalue weighted by molar-refractivity contribution is 6.32. The number of carbonyl (C=O) groups is 3. The van der Waals surface area contributed by atoms with Gasteiger partial charge in [-0.3, -0.25) is 9.59 Å². The van der Waals surface area contributed by atoms with Crippen LogP contribution in [0, 0.1) is 13.8 Å². The molecule has 0 aliphatic heterocycles. The molecule has 0 radical (unpaired) electrons. The largest absolute Gasteiger partial charge is 0.345 e. The first-order valence-electron chi connectivity index (χ1n) is 8.82. The van der Waals surface area contributed by atoms with Crippen molar-refractivity contribution in [1.82, 2.24) is 20.1 Å². The van der Waals surface area contributed by atoms with Crippen LogP contribution in [0.5, 0.6) is 0 Å². The molecule has 3 aromatic rings. The number of aromatic nitrogens is 3. The second-order valence-corrected chi connectivity index (χ2v) is 7.21. The summed E-state index contributed by atoms with van der Waals surface area (Å²) in [5.74, 6) is -0.762. The van der Waals surface area contributed by atoms with Crippen molar-refractivity contribution >= 4 is 47.0 Å². The number of aryl methyl sites for hydroxylation is 2. The van der Waals surface area contributed by atoms with Crippen molar-refractivity contribution in [2.45, 2.75) is 13.8 Å². The number of anilines is 1. The van der Waals surface area contributed by atoms with E-state index in [1.54, 1.807) is 44.3 Å². The Morgan fingerprint density at radius 3 is 2.63 bits per heavy atom. The van der Waals surface area contributed by atoms with Gasteiger partial charge < -0.3 is 15.4 Å². The zero-order valence-electron chi connectivity index (χ0n) is 16.1. The molecule has 2 N–H and O–H groups in total. The van der Waals surface area contributed by atoms with Crippen molar-refractivity contribution in [2.24, 2.45) is 0 Å². The predicted octanol–water partition coefficient (Wildman–Crippen LogP) is 3.37. The minimum atomic E-state index is -0.541. The van der Waals surface area contributed by atoms with Crippen LogP contribution in [0.15, 0.2) is 36.5 Å². The summed E-state index contributed by atoms with van der Waals surface area (Å²) in [6.07, 6.45) is 2.10. The molecule has 2 amide bonds. The highest BCUT2D eigenvalue weighted by Crippen LogP contribution is 2.27. The molecule has 0 aliphatic rings. The third-order valence-electron chi connectivity index (χ3n) is 4.13. The Morgan fingerprint density at radius 1 is 1.17 bits per heavy atom. The van der Waals surface area contributed by atoms with Crippen molar-refractivity contribution in [1.29, 1.82) is 0 Å². The number of pyridine rings is 1. The van der Waals surface area contributed by atoms with E-state index in [9.17, 15) is 14.4 Å². The zero-order chi connectivity index (χ0) is 21.8. The molecule has 0 bridgehead atoms. The molecule has 0 aliphatic carbocycles. The van der Waals surface area contributed by atoms with Crippen molar-refractivity contribution in [3.05, 3.63) is 69.1 Å². The maximum atomic E-state index is 13.1. The predicted molar refractivity (Wildman–Crippen MR) is 114 cm³/mol. The first-order valence-corrected chi connectivity index (χ1v) is 9.58. The molecule has 10 heteroatoms. The minimum Gasteiger partial charge on any atom is -0.345 e. The first-order chi connectivity index (χ1) is 14.3. The maximum Gasteiger partial charge on any atom is 0.274 e. The number of hydrogen-bond acceptors (Lipinski definition) is 5. The third-order valence-corrected chi connectivity index (χ3v) is 4.65. The summed E-state index contributed by atoms with van der Waals surface area (Å²) in [6, 6.07) is 7.93. The average Bonchev–Trinajstić information content (AvgIpc) is 3.09.